The Morgan fingerprint density at radius 3 is 3.00 bits per heavy atom. The van der Waals surface area contributed by atoms with E-state index in [-0.39, 0.29) is 5.25 Å². The van der Waals surface area contributed by atoms with Crippen molar-refractivity contribution in [3.63, 3.8) is 0 Å². The van der Waals surface area contributed by atoms with E-state index < -0.39 is 10.0 Å². The lowest BCUT2D eigenvalue weighted by molar-refractivity contribution is 0.182. The van der Waals surface area contributed by atoms with Crippen LogP contribution in [-0.2, 0) is 21.3 Å². The first kappa shape index (κ1) is 18.4. The van der Waals surface area contributed by atoms with Crippen LogP contribution in [0.4, 0.5) is 0 Å². The molecule has 1 atom stereocenters. The van der Waals surface area contributed by atoms with Crippen molar-refractivity contribution in [3.8, 4) is 0 Å². The number of piperidine rings is 1. The number of aromatic amines is 1. The number of nitrogens with zero attached hydrogens (tertiary/aromatic N) is 2. The minimum atomic E-state index is -3.29. The van der Waals surface area contributed by atoms with Crippen molar-refractivity contribution in [3.05, 3.63) is 36.0 Å². The molecule has 1 aliphatic heterocycles. The Kier molecular flexibility index (Phi) is 5.78. The van der Waals surface area contributed by atoms with Crippen LogP contribution in [0.2, 0.25) is 0 Å². The number of sulfonamides is 1. The van der Waals surface area contributed by atoms with Gasteiger partial charge in [0, 0.05) is 50.9 Å². The third kappa shape index (κ3) is 4.06. The summed E-state index contributed by atoms with van der Waals surface area (Å²) in [5, 5.41) is 0.873. The van der Waals surface area contributed by atoms with Gasteiger partial charge in [-0.15, -0.1) is 0 Å². The number of likely N-dealkylation sites (tertiary alicyclic amines) is 1. The smallest absolute Gasteiger partial charge is 0.218 e. The lowest BCUT2D eigenvalue weighted by Gasteiger charge is -2.34. The zero-order valence-electron chi connectivity index (χ0n) is 14.9. The van der Waals surface area contributed by atoms with Crippen molar-refractivity contribution in [1.29, 1.82) is 0 Å². The molecule has 25 heavy (non-hydrogen) atoms. The predicted molar refractivity (Wildman–Crippen MR) is 100 cm³/mol. The van der Waals surface area contributed by atoms with Crippen LogP contribution in [0.15, 0.2) is 30.5 Å². The van der Waals surface area contributed by atoms with E-state index in [0.29, 0.717) is 19.7 Å². The highest BCUT2D eigenvalue weighted by Gasteiger charge is 2.33. The summed E-state index contributed by atoms with van der Waals surface area (Å²) in [5.41, 5.74) is 2.36. The number of aromatic nitrogens is 1. The Hall–Kier alpha value is -1.41. The van der Waals surface area contributed by atoms with Crippen LogP contribution in [0.3, 0.4) is 0 Å². The largest absolute Gasteiger partial charge is 0.383 e. The van der Waals surface area contributed by atoms with Gasteiger partial charge in [0.05, 0.1) is 11.9 Å². The summed E-state index contributed by atoms with van der Waals surface area (Å²) in [5.74, 6) is 0. The maximum atomic E-state index is 12.8. The van der Waals surface area contributed by atoms with E-state index in [2.05, 4.69) is 28.1 Å². The highest BCUT2D eigenvalue weighted by Crippen LogP contribution is 2.24. The number of methoxy groups -OCH3 is 1. The first-order valence-electron chi connectivity index (χ1n) is 8.74. The van der Waals surface area contributed by atoms with Crippen LogP contribution in [0.1, 0.15) is 18.4 Å². The van der Waals surface area contributed by atoms with Crippen LogP contribution in [0, 0.1) is 0 Å². The molecule has 138 valence electrons. The fourth-order valence-corrected chi connectivity index (χ4v) is 5.23. The van der Waals surface area contributed by atoms with Gasteiger partial charge in [-0.3, -0.25) is 4.90 Å². The summed E-state index contributed by atoms with van der Waals surface area (Å²) in [6, 6.07) is 8.32. The van der Waals surface area contributed by atoms with Gasteiger partial charge in [-0.1, -0.05) is 12.1 Å². The summed E-state index contributed by atoms with van der Waals surface area (Å²) in [7, 11) is -0.0513. The molecular weight excluding hydrogens is 338 g/mol. The van der Waals surface area contributed by atoms with Gasteiger partial charge in [0.15, 0.2) is 0 Å². The first-order valence-corrected chi connectivity index (χ1v) is 10.2. The molecule has 3 rings (SSSR count). The van der Waals surface area contributed by atoms with Crippen LogP contribution in [0.5, 0.6) is 0 Å². The maximum Gasteiger partial charge on any atom is 0.218 e. The molecule has 0 amide bonds. The molecule has 1 N–H and O–H groups in total. The van der Waals surface area contributed by atoms with Crippen LogP contribution in [-0.4, -0.2) is 68.3 Å². The molecule has 7 heteroatoms. The average Bonchev–Trinajstić information content (AvgIpc) is 3.09. The number of ether oxygens (including phenoxy) is 1. The molecule has 1 saturated heterocycles. The van der Waals surface area contributed by atoms with Gasteiger partial charge < -0.3 is 9.72 Å². The Morgan fingerprint density at radius 1 is 1.36 bits per heavy atom. The van der Waals surface area contributed by atoms with E-state index in [1.54, 1.807) is 14.2 Å². The van der Waals surface area contributed by atoms with Crippen LogP contribution < -0.4 is 0 Å². The molecule has 2 aromatic rings. The van der Waals surface area contributed by atoms with E-state index >= 15 is 0 Å². The third-order valence-electron chi connectivity index (χ3n) is 5.01. The number of rotatable bonds is 7. The van der Waals surface area contributed by atoms with Gasteiger partial charge in [-0.05, 0) is 37.1 Å². The standard InChI is InChI=1S/C18H27N3O3S/c1-20(11-12-24-2)25(22,23)16-6-4-10-21(14-16)13-15-5-3-7-18-17(15)8-9-19-18/h3,5,7-9,16,19H,4,6,10-14H2,1-2H3. The van der Waals surface area contributed by atoms with E-state index in [1.807, 2.05) is 12.3 Å². The number of nitrogens with one attached hydrogen (secondary N) is 1. The van der Waals surface area contributed by atoms with Crippen molar-refractivity contribution >= 4 is 20.9 Å². The number of hydrogen-bond acceptors (Lipinski definition) is 4. The van der Waals surface area contributed by atoms with Crippen LogP contribution >= 0.6 is 0 Å². The molecule has 0 saturated carbocycles. The maximum absolute atomic E-state index is 12.8. The quantitative estimate of drug-likeness (QED) is 0.815. The lowest BCUT2D eigenvalue weighted by atomic mass is 10.1. The molecule has 1 fully saturated rings. The van der Waals surface area contributed by atoms with E-state index in [9.17, 15) is 8.42 Å². The van der Waals surface area contributed by atoms with Gasteiger partial charge in [0.2, 0.25) is 10.0 Å². The third-order valence-corrected chi connectivity index (χ3v) is 7.29. The SMILES string of the molecule is COCCN(C)S(=O)(=O)C1CCCN(Cc2cccc3[nH]ccc23)C1. The fraction of sp³-hybridized carbons (Fsp3) is 0.556. The molecule has 1 aliphatic rings. The van der Waals surface area contributed by atoms with E-state index in [0.717, 1.165) is 31.4 Å². The molecule has 2 heterocycles. The normalized spacial score (nSPS) is 19.7. The van der Waals surface area contributed by atoms with Gasteiger partial charge in [-0.25, -0.2) is 12.7 Å². The van der Waals surface area contributed by atoms with Gasteiger partial charge in [0.25, 0.3) is 0 Å². The zero-order chi connectivity index (χ0) is 17.9. The zero-order valence-corrected chi connectivity index (χ0v) is 15.8. The Balaban J connectivity index is 1.70. The monoisotopic (exact) mass is 365 g/mol. The summed E-state index contributed by atoms with van der Waals surface area (Å²) in [6.45, 7) is 3.12. The highest BCUT2D eigenvalue weighted by atomic mass is 32.2. The van der Waals surface area contributed by atoms with Crippen molar-refractivity contribution in [2.75, 3.05) is 40.4 Å². The highest BCUT2D eigenvalue weighted by molar-refractivity contribution is 7.89. The Bertz CT molecular complexity index is 803. The van der Waals surface area contributed by atoms with Gasteiger partial charge in [-0.2, -0.15) is 0 Å². The van der Waals surface area contributed by atoms with Gasteiger partial charge in [0.1, 0.15) is 0 Å². The van der Waals surface area contributed by atoms with E-state index in [1.165, 1.54) is 15.3 Å². The molecule has 0 bridgehead atoms. The summed E-state index contributed by atoms with van der Waals surface area (Å²) in [6.07, 6.45) is 3.58. The minimum Gasteiger partial charge on any atom is -0.383 e. The molecule has 0 spiro atoms. The molecule has 1 aromatic carbocycles. The van der Waals surface area contributed by atoms with Crippen molar-refractivity contribution < 1.29 is 13.2 Å². The molecule has 6 nitrogen and oxygen atoms in total. The molecule has 0 aliphatic carbocycles. The second-order valence-corrected chi connectivity index (χ2v) is 9.03. The Morgan fingerprint density at radius 2 is 2.20 bits per heavy atom. The predicted octanol–water partition coefficient (Wildman–Crippen LogP) is 2.04. The molecule has 1 aromatic heterocycles. The summed E-state index contributed by atoms with van der Waals surface area (Å²) >= 11 is 0. The average molecular weight is 365 g/mol. The van der Waals surface area contributed by atoms with Crippen molar-refractivity contribution in [2.45, 2.75) is 24.6 Å². The van der Waals surface area contributed by atoms with Crippen molar-refractivity contribution in [2.24, 2.45) is 0 Å². The number of fused-ring (bicyclic) bond motifs is 1. The van der Waals surface area contributed by atoms with Gasteiger partial charge >= 0.3 is 0 Å². The topological polar surface area (TPSA) is 65.6 Å². The lowest BCUT2D eigenvalue weighted by Crippen LogP contribution is -2.47. The van der Waals surface area contributed by atoms with Crippen LogP contribution in [0.25, 0.3) is 10.9 Å². The minimum absolute atomic E-state index is 0.339. The number of H-pyrrole nitrogens is 1. The fourth-order valence-electron chi connectivity index (χ4n) is 3.53. The number of benzene rings is 1. The van der Waals surface area contributed by atoms with Crippen molar-refractivity contribution in [1.82, 2.24) is 14.2 Å². The number of likely N-dealkylation sites (N-methyl/N-ethyl adjacent to an activating group) is 1. The Labute approximate surface area is 149 Å². The second-order valence-electron chi connectivity index (χ2n) is 6.71. The summed E-state index contributed by atoms with van der Waals surface area (Å²) < 4.78 is 32.0. The molecule has 1 unspecified atom stereocenters. The molecular formula is C18H27N3O3S. The first-order chi connectivity index (χ1) is 12.0. The number of hydrogen-bond donors (Lipinski definition) is 1. The summed E-state index contributed by atoms with van der Waals surface area (Å²) in [4.78, 5) is 5.49. The van der Waals surface area contributed by atoms with E-state index in [4.69, 9.17) is 4.74 Å². The molecule has 0 radical (unpaired) electrons. The second kappa shape index (κ2) is 7.86.